The van der Waals surface area contributed by atoms with E-state index in [9.17, 15) is 14.7 Å². The number of aromatic carboxylic acids is 1. The fourth-order valence-electron chi connectivity index (χ4n) is 2.74. The Bertz CT molecular complexity index is 716. The number of ether oxygens (including phenoxy) is 1. The maximum Gasteiger partial charge on any atom is 0.338 e. The number of rotatable bonds is 2. The van der Waals surface area contributed by atoms with Gasteiger partial charge in [0.1, 0.15) is 0 Å². The summed E-state index contributed by atoms with van der Waals surface area (Å²) >= 11 is 0. The van der Waals surface area contributed by atoms with Crippen LogP contribution >= 0.6 is 0 Å². The lowest BCUT2D eigenvalue weighted by molar-refractivity contribution is 0.0695. The van der Waals surface area contributed by atoms with Gasteiger partial charge in [-0.05, 0) is 25.1 Å². The van der Waals surface area contributed by atoms with Crippen LogP contribution < -0.4 is 10.4 Å². The standard InChI is InChI=1S/C15H16N2O4/c1-10-14(15(19)20)13-8-12(18)3-2-11(13)9-17(10)16-4-6-21-7-5-16/h2-3,8-9H,4-7H2,1H3,(H,19,20). The van der Waals surface area contributed by atoms with Gasteiger partial charge >= 0.3 is 5.97 Å². The first kappa shape index (κ1) is 13.6. The van der Waals surface area contributed by atoms with Gasteiger partial charge in [-0.15, -0.1) is 0 Å². The summed E-state index contributed by atoms with van der Waals surface area (Å²) in [6, 6.07) is 4.50. The molecule has 2 heterocycles. The molecule has 0 bridgehead atoms. The Morgan fingerprint density at radius 2 is 2.00 bits per heavy atom. The molecule has 0 aromatic rings. The Morgan fingerprint density at radius 3 is 2.67 bits per heavy atom. The molecule has 1 aliphatic carbocycles. The van der Waals surface area contributed by atoms with Crippen molar-refractivity contribution >= 4 is 5.97 Å². The number of morpholine rings is 1. The quantitative estimate of drug-likeness (QED) is 0.890. The van der Waals surface area contributed by atoms with E-state index in [1.807, 2.05) is 10.9 Å². The molecule has 0 aromatic carbocycles. The molecule has 0 atom stereocenters. The van der Waals surface area contributed by atoms with E-state index in [-0.39, 0.29) is 11.0 Å². The average molecular weight is 288 g/mol. The van der Waals surface area contributed by atoms with E-state index >= 15 is 0 Å². The molecular weight excluding hydrogens is 272 g/mol. The number of hydrogen-bond acceptors (Lipinski definition) is 4. The first-order chi connectivity index (χ1) is 10.1. The number of benzene rings is 1. The van der Waals surface area contributed by atoms with Crippen LogP contribution in [0.5, 0.6) is 0 Å². The van der Waals surface area contributed by atoms with Crippen molar-refractivity contribution in [3.63, 3.8) is 0 Å². The van der Waals surface area contributed by atoms with Gasteiger partial charge in [0.2, 0.25) is 0 Å². The third-order valence-corrected chi connectivity index (χ3v) is 3.77. The SMILES string of the molecule is Cc1c(C(=O)O)c2cc(=O)ccc-2cn1N1CCOCC1. The molecule has 6 heteroatoms. The highest BCUT2D eigenvalue weighted by Crippen LogP contribution is 2.27. The van der Waals surface area contributed by atoms with Crippen LogP contribution in [0.4, 0.5) is 0 Å². The number of fused-ring (bicyclic) bond motifs is 1. The van der Waals surface area contributed by atoms with Crippen molar-refractivity contribution < 1.29 is 14.6 Å². The van der Waals surface area contributed by atoms with Crippen molar-refractivity contribution in [3.8, 4) is 11.1 Å². The molecular formula is C15H16N2O4. The van der Waals surface area contributed by atoms with E-state index in [1.54, 1.807) is 13.0 Å². The summed E-state index contributed by atoms with van der Waals surface area (Å²) < 4.78 is 7.19. The van der Waals surface area contributed by atoms with Crippen molar-refractivity contribution in [2.24, 2.45) is 0 Å². The normalized spacial score (nSPS) is 15.4. The van der Waals surface area contributed by atoms with E-state index in [1.165, 1.54) is 12.1 Å². The summed E-state index contributed by atoms with van der Waals surface area (Å²) in [5.41, 5.74) is 1.83. The number of pyridine rings is 1. The second kappa shape index (κ2) is 5.21. The van der Waals surface area contributed by atoms with Crippen LogP contribution in [0.2, 0.25) is 0 Å². The molecule has 0 aromatic heterocycles. The maximum absolute atomic E-state index is 11.6. The first-order valence-corrected chi connectivity index (χ1v) is 6.80. The molecule has 1 saturated heterocycles. The van der Waals surface area contributed by atoms with Crippen LogP contribution in [-0.4, -0.2) is 42.1 Å². The van der Waals surface area contributed by atoms with Crippen molar-refractivity contribution in [1.82, 2.24) is 4.68 Å². The highest BCUT2D eigenvalue weighted by atomic mass is 16.5. The number of hydrogen-bond donors (Lipinski definition) is 1. The highest BCUT2D eigenvalue weighted by molar-refractivity contribution is 5.97. The van der Waals surface area contributed by atoms with Gasteiger partial charge in [-0.25, -0.2) is 4.79 Å². The second-order valence-corrected chi connectivity index (χ2v) is 5.05. The molecule has 3 rings (SSSR count). The van der Waals surface area contributed by atoms with Crippen molar-refractivity contribution in [3.05, 3.63) is 45.9 Å². The van der Waals surface area contributed by atoms with Gasteiger partial charge in [0.05, 0.1) is 37.6 Å². The second-order valence-electron chi connectivity index (χ2n) is 5.05. The number of carbonyl (C=O) groups is 1. The zero-order valence-corrected chi connectivity index (χ0v) is 11.7. The molecule has 6 nitrogen and oxygen atoms in total. The molecule has 0 unspecified atom stereocenters. The van der Waals surface area contributed by atoms with E-state index in [2.05, 4.69) is 5.01 Å². The fraction of sp³-hybridized carbons (Fsp3) is 0.333. The smallest absolute Gasteiger partial charge is 0.338 e. The molecule has 1 fully saturated rings. The predicted octanol–water partition coefficient (Wildman–Crippen LogP) is 0.928. The number of carboxylic acids is 1. The zero-order valence-electron chi connectivity index (χ0n) is 11.7. The third kappa shape index (κ3) is 2.38. The maximum atomic E-state index is 11.6. The summed E-state index contributed by atoms with van der Waals surface area (Å²) in [5, 5.41) is 11.6. The van der Waals surface area contributed by atoms with Crippen molar-refractivity contribution in [2.45, 2.75) is 6.92 Å². The fourth-order valence-corrected chi connectivity index (χ4v) is 2.74. The Labute approximate surface area is 121 Å². The van der Waals surface area contributed by atoms with Gasteiger partial charge in [0, 0.05) is 17.3 Å². The van der Waals surface area contributed by atoms with Gasteiger partial charge < -0.3 is 14.9 Å². The van der Waals surface area contributed by atoms with Gasteiger partial charge in [-0.2, -0.15) is 0 Å². The molecule has 0 spiro atoms. The van der Waals surface area contributed by atoms with Crippen molar-refractivity contribution in [2.75, 3.05) is 31.3 Å². The first-order valence-electron chi connectivity index (χ1n) is 6.80. The molecule has 1 N–H and O–H groups in total. The monoisotopic (exact) mass is 288 g/mol. The lowest BCUT2D eigenvalue weighted by Gasteiger charge is -2.34. The summed E-state index contributed by atoms with van der Waals surface area (Å²) in [6.07, 6.45) is 1.88. The molecule has 3 aliphatic rings. The van der Waals surface area contributed by atoms with E-state index in [4.69, 9.17) is 4.74 Å². The topological polar surface area (TPSA) is 71.8 Å². The summed E-state index contributed by atoms with van der Waals surface area (Å²) in [5.74, 6) is -1.02. The minimum absolute atomic E-state index is 0.177. The summed E-state index contributed by atoms with van der Waals surface area (Å²) in [6.45, 7) is 4.40. The Morgan fingerprint density at radius 1 is 1.29 bits per heavy atom. The lowest BCUT2D eigenvalue weighted by atomic mass is 9.98. The average Bonchev–Trinajstić information content (AvgIpc) is 2.47. The molecule has 2 aliphatic heterocycles. The molecule has 0 amide bonds. The molecule has 21 heavy (non-hydrogen) atoms. The van der Waals surface area contributed by atoms with Crippen LogP contribution in [0.25, 0.3) is 11.1 Å². The Balaban J connectivity index is 2.24. The van der Waals surface area contributed by atoms with Gasteiger partial charge in [-0.3, -0.25) is 9.47 Å². The van der Waals surface area contributed by atoms with E-state index in [0.29, 0.717) is 37.6 Å². The van der Waals surface area contributed by atoms with Crippen LogP contribution in [0.1, 0.15) is 16.1 Å². The van der Waals surface area contributed by atoms with Crippen molar-refractivity contribution in [1.29, 1.82) is 0 Å². The Kier molecular flexibility index (Phi) is 3.39. The summed E-state index contributed by atoms with van der Waals surface area (Å²) in [4.78, 5) is 23.2. The molecule has 0 radical (unpaired) electrons. The predicted molar refractivity (Wildman–Crippen MR) is 77.8 cm³/mol. The van der Waals surface area contributed by atoms with Crippen LogP contribution in [0, 0.1) is 6.92 Å². The van der Waals surface area contributed by atoms with E-state index in [0.717, 1.165) is 5.56 Å². The number of nitrogens with zero attached hydrogens (tertiary/aromatic N) is 2. The van der Waals surface area contributed by atoms with Gasteiger partial charge in [0.25, 0.3) is 0 Å². The summed E-state index contributed by atoms with van der Waals surface area (Å²) in [7, 11) is 0. The molecule has 110 valence electrons. The lowest BCUT2D eigenvalue weighted by Crippen LogP contribution is -2.45. The largest absolute Gasteiger partial charge is 0.478 e. The number of carboxylic acid groups (broad SMARTS) is 1. The number of aromatic nitrogens is 1. The van der Waals surface area contributed by atoms with Gasteiger partial charge in [-0.1, -0.05) is 0 Å². The Hall–Kier alpha value is -2.34. The van der Waals surface area contributed by atoms with Crippen LogP contribution in [-0.2, 0) is 4.74 Å². The minimum Gasteiger partial charge on any atom is -0.478 e. The highest BCUT2D eigenvalue weighted by Gasteiger charge is 2.22. The molecule has 0 saturated carbocycles. The minimum atomic E-state index is -1.02. The van der Waals surface area contributed by atoms with E-state index < -0.39 is 5.97 Å². The van der Waals surface area contributed by atoms with Gasteiger partial charge in [0.15, 0.2) is 5.43 Å². The zero-order chi connectivity index (χ0) is 15.0. The van der Waals surface area contributed by atoms with Crippen LogP contribution in [0.3, 0.4) is 0 Å². The van der Waals surface area contributed by atoms with Crippen LogP contribution in [0.15, 0.2) is 29.2 Å². The third-order valence-electron chi connectivity index (χ3n) is 3.77.